The summed E-state index contributed by atoms with van der Waals surface area (Å²) in [5.41, 5.74) is 0.473. The summed E-state index contributed by atoms with van der Waals surface area (Å²) in [5.74, 6) is 0.162. The second-order valence-corrected chi connectivity index (χ2v) is 6.46. The molecule has 6 nitrogen and oxygen atoms in total. The summed E-state index contributed by atoms with van der Waals surface area (Å²) in [6.07, 6.45) is 1.68. The molecule has 0 aliphatic carbocycles. The van der Waals surface area contributed by atoms with Crippen molar-refractivity contribution in [2.24, 2.45) is 0 Å². The van der Waals surface area contributed by atoms with Gasteiger partial charge in [0, 0.05) is 12.3 Å². The predicted octanol–water partition coefficient (Wildman–Crippen LogP) is 2.68. The Morgan fingerprint density at radius 1 is 1.21 bits per heavy atom. The Bertz CT molecular complexity index is 874. The van der Waals surface area contributed by atoms with Crippen LogP contribution in [0.25, 0.3) is 5.69 Å². The van der Waals surface area contributed by atoms with Gasteiger partial charge in [-0.25, -0.2) is 9.67 Å². The van der Waals surface area contributed by atoms with E-state index in [0.717, 1.165) is 5.03 Å². The van der Waals surface area contributed by atoms with E-state index in [-0.39, 0.29) is 16.7 Å². The van der Waals surface area contributed by atoms with Crippen molar-refractivity contribution in [2.75, 3.05) is 5.32 Å². The zero-order valence-corrected chi connectivity index (χ0v) is 13.8. The number of nitrogens with zero attached hydrogens (tertiary/aromatic N) is 2. The third-order valence-corrected chi connectivity index (χ3v) is 4.35. The number of carbonyl (C=O) groups excluding carboxylic acids is 1. The summed E-state index contributed by atoms with van der Waals surface area (Å²) in [6, 6.07) is 16.1. The van der Waals surface area contributed by atoms with Crippen LogP contribution >= 0.6 is 11.8 Å². The highest BCUT2D eigenvalue weighted by molar-refractivity contribution is 8.00. The third kappa shape index (κ3) is 3.75. The fourth-order valence-electron chi connectivity index (χ4n) is 2.11. The Balaban J connectivity index is 1.70. The van der Waals surface area contributed by atoms with Crippen LogP contribution in [0.1, 0.15) is 6.92 Å². The lowest BCUT2D eigenvalue weighted by atomic mass is 10.3. The van der Waals surface area contributed by atoms with E-state index in [9.17, 15) is 9.59 Å². The molecular weight excluding hydrogens is 324 g/mol. The lowest BCUT2D eigenvalue weighted by molar-refractivity contribution is -0.115. The van der Waals surface area contributed by atoms with Crippen LogP contribution in [0.2, 0.25) is 0 Å². The maximum absolute atomic E-state index is 12.3. The van der Waals surface area contributed by atoms with Crippen molar-refractivity contribution in [2.45, 2.75) is 17.2 Å². The molecule has 3 aromatic rings. The standard InChI is InChI=1S/C17H16N4O2S/c1-12(24-15-9-5-6-10-18-15)17(23)19-14-11-16(22)21(20-14)13-7-3-2-4-8-13/h2-12,20H,1H3,(H,19,23). The van der Waals surface area contributed by atoms with E-state index in [2.05, 4.69) is 15.4 Å². The van der Waals surface area contributed by atoms with Gasteiger partial charge in [0.1, 0.15) is 5.82 Å². The topological polar surface area (TPSA) is 79.8 Å². The first kappa shape index (κ1) is 16.1. The lowest BCUT2D eigenvalue weighted by Crippen LogP contribution is -2.22. The van der Waals surface area contributed by atoms with Crippen LogP contribution in [-0.4, -0.2) is 25.9 Å². The SMILES string of the molecule is CC(Sc1ccccn1)C(=O)Nc1cc(=O)n(-c2ccccc2)[nH]1. The summed E-state index contributed by atoms with van der Waals surface area (Å²) in [4.78, 5) is 28.5. The van der Waals surface area contributed by atoms with E-state index < -0.39 is 0 Å². The molecule has 0 radical (unpaired) electrons. The predicted molar refractivity (Wildman–Crippen MR) is 94.6 cm³/mol. The van der Waals surface area contributed by atoms with Gasteiger partial charge in [0.25, 0.3) is 5.56 Å². The quantitative estimate of drug-likeness (QED) is 0.700. The minimum atomic E-state index is -0.344. The molecule has 0 fully saturated rings. The molecular formula is C17H16N4O2S. The van der Waals surface area contributed by atoms with Gasteiger partial charge in [-0.05, 0) is 31.2 Å². The summed E-state index contributed by atoms with van der Waals surface area (Å²) in [6.45, 7) is 1.79. The second-order valence-electron chi connectivity index (χ2n) is 5.10. The van der Waals surface area contributed by atoms with Crippen LogP contribution < -0.4 is 10.9 Å². The highest BCUT2D eigenvalue weighted by Crippen LogP contribution is 2.21. The highest BCUT2D eigenvalue weighted by Gasteiger charge is 2.16. The summed E-state index contributed by atoms with van der Waals surface area (Å²) in [7, 11) is 0. The Labute approximate surface area is 142 Å². The molecule has 1 amide bonds. The van der Waals surface area contributed by atoms with E-state index in [1.54, 1.807) is 13.1 Å². The van der Waals surface area contributed by atoms with Crippen LogP contribution in [-0.2, 0) is 4.79 Å². The molecule has 0 aliphatic rings. The van der Waals surface area contributed by atoms with Gasteiger partial charge in [-0.2, -0.15) is 0 Å². The first-order valence-corrected chi connectivity index (χ1v) is 8.27. The van der Waals surface area contributed by atoms with Crippen molar-refractivity contribution in [3.63, 3.8) is 0 Å². The summed E-state index contributed by atoms with van der Waals surface area (Å²) in [5, 5.41) is 6.05. The number of nitrogens with one attached hydrogen (secondary N) is 2. The van der Waals surface area contributed by atoms with Crippen LogP contribution in [0.15, 0.2) is 70.6 Å². The number of anilines is 1. The molecule has 2 heterocycles. The second kappa shape index (κ2) is 7.18. The molecule has 24 heavy (non-hydrogen) atoms. The number of thioether (sulfide) groups is 1. The van der Waals surface area contributed by atoms with Crippen molar-refractivity contribution in [1.82, 2.24) is 14.8 Å². The number of hydrogen-bond donors (Lipinski definition) is 2. The summed E-state index contributed by atoms with van der Waals surface area (Å²) >= 11 is 1.36. The van der Waals surface area contributed by atoms with Crippen LogP contribution in [0.5, 0.6) is 0 Å². The van der Waals surface area contributed by atoms with E-state index in [4.69, 9.17) is 0 Å². The monoisotopic (exact) mass is 340 g/mol. The fraction of sp³-hybridized carbons (Fsp3) is 0.118. The number of aromatic amines is 1. The van der Waals surface area contributed by atoms with Crippen molar-refractivity contribution in [3.8, 4) is 5.69 Å². The number of rotatable bonds is 5. The number of H-pyrrole nitrogens is 1. The van der Waals surface area contributed by atoms with Crippen LogP contribution in [0, 0.1) is 0 Å². The maximum Gasteiger partial charge on any atom is 0.273 e. The number of carbonyl (C=O) groups is 1. The number of amides is 1. The van der Waals surface area contributed by atoms with Crippen molar-refractivity contribution < 1.29 is 4.79 Å². The molecule has 0 aliphatic heterocycles. The molecule has 2 N–H and O–H groups in total. The number of para-hydroxylation sites is 1. The highest BCUT2D eigenvalue weighted by atomic mass is 32.2. The maximum atomic E-state index is 12.3. The van der Waals surface area contributed by atoms with E-state index in [0.29, 0.717) is 11.5 Å². The minimum absolute atomic E-state index is 0.202. The Kier molecular flexibility index (Phi) is 4.81. The Hall–Kier alpha value is -2.80. The molecule has 3 rings (SSSR count). The molecule has 0 spiro atoms. The first-order valence-electron chi connectivity index (χ1n) is 7.39. The zero-order valence-electron chi connectivity index (χ0n) is 13.0. The van der Waals surface area contributed by atoms with Crippen molar-refractivity contribution >= 4 is 23.5 Å². The van der Waals surface area contributed by atoms with Gasteiger partial charge in [-0.15, -0.1) is 0 Å². The van der Waals surface area contributed by atoms with Gasteiger partial charge < -0.3 is 5.32 Å². The number of pyridine rings is 1. The van der Waals surface area contributed by atoms with Gasteiger partial charge in [0.05, 0.1) is 16.0 Å². The molecule has 0 saturated heterocycles. The molecule has 122 valence electrons. The Morgan fingerprint density at radius 2 is 1.96 bits per heavy atom. The van der Waals surface area contributed by atoms with Gasteiger partial charge >= 0.3 is 0 Å². The van der Waals surface area contributed by atoms with E-state index in [1.165, 1.54) is 22.5 Å². The molecule has 1 atom stereocenters. The van der Waals surface area contributed by atoms with Gasteiger partial charge in [0.2, 0.25) is 5.91 Å². The number of aromatic nitrogens is 3. The molecule has 7 heteroatoms. The van der Waals surface area contributed by atoms with Crippen molar-refractivity contribution in [3.05, 3.63) is 71.1 Å². The molecule has 2 aromatic heterocycles. The van der Waals surface area contributed by atoms with Crippen LogP contribution in [0.4, 0.5) is 5.82 Å². The normalized spacial score (nSPS) is 11.9. The largest absolute Gasteiger partial charge is 0.310 e. The smallest absolute Gasteiger partial charge is 0.273 e. The first-order chi connectivity index (χ1) is 11.6. The zero-order chi connectivity index (χ0) is 16.9. The molecule has 1 unspecified atom stereocenters. The third-order valence-electron chi connectivity index (χ3n) is 3.30. The van der Waals surface area contributed by atoms with Crippen LogP contribution in [0.3, 0.4) is 0 Å². The minimum Gasteiger partial charge on any atom is -0.310 e. The van der Waals surface area contributed by atoms with Gasteiger partial charge in [-0.3, -0.25) is 14.7 Å². The summed E-state index contributed by atoms with van der Waals surface area (Å²) < 4.78 is 1.38. The molecule has 0 saturated carbocycles. The average Bonchev–Trinajstić information content (AvgIpc) is 2.97. The Morgan fingerprint density at radius 3 is 2.67 bits per heavy atom. The number of hydrogen-bond acceptors (Lipinski definition) is 4. The van der Waals surface area contributed by atoms with E-state index in [1.807, 2.05) is 48.5 Å². The lowest BCUT2D eigenvalue weighted by Gasteiger charge is -2.10. The van der Waals surface area contributed by atoms with Crippen molar-refractivity contribution in [1.29, 1.82) is 0 Å². The van der Waals surface area contributed by atoms with E-state index >= 15 is 0 Å². The van der Waals surface area contributed by atoms with Gasteiger partial charge in [0.15, 0.2) is 0 Å². The average molecular weight is 340 g/mol. The number of benzene rings is 1. The fourth-order valence-corrected chi connectivity index (χ4v) is 2.92. The van der Waals surface area contributed by atoms with Gasteiger partial charge in [-0.1, -0.05) is 36.0 Å². The molecule has 1 aromatic carbocycles. The molecule has 0 bridgehead atoms.